The van der Waals surface area contributed by atoms with E-state index in [0.717, 1.165) is 11.8 Å². The van der Waals surface area contributed by atoms with Crippen molar-refractivity contribution in [3.8, 4) is 5.88 Å². The maximum atomic E-state index is 10.7. The molecule has 0 unspecified atom stereocenters. The Hall–Kier alpha value is -3.31. The van der Waals surface area contributed by atoms with Crippen LogP contribution in [0.5, 0.6) is 5.88 Å². The first kappa shape index (κ1) is 17.7. The van der Waals surface area contributed by atoms with Crippen LogP contribution >= 0.6 is 0 Å². The van der Waals surface area contributed by atoms with E-state index in [1.165, 1.54) is 6.33 Å². The molecular formula is C12H15N7O4. The Bertz CT molecular complexity index is 651. The summed E-state index contributed by atoms with van der Waals surface area (Å²) in [5.41, 5.74) is 5.16. The van der Waals surface area contributed by atoms with E-state index >= 15 is 0 Å². The lowest BCUT2D eigenvalue weighted by Gasteiger charge is -2.04. The summed E-state index contributed by atoms with van der Waals surface area (Å²) in [6, 6.07) is 8.51. The van der Waals surface area contributed by atoms with Gasteiger partial charge in [0, 0.05) is 0 Å². The molecular weight excluding hydrogens is 306 g/mol. The first-order valence-electron chi connectivity index (χ1n) is 6.12. The Labute approximate surface area is 130 Å². The lowest BCUT2D eigenvalue weighted by atomic mass is 10.2. The molecule has 0 radical (unpaired) electrons. The Morgan fingerprint density at radius 3 is 2.43 bits per heavy atom. The number of nitrogens with zero attached hydrogens (tertiary/aromatic N) is 4. The summed E-state index contributed by atoms with van der Waals surface area (Å²) in [7, 11) is 0. The fraction of sp³-hybridized carbons (Fsp3) is 0.0833. The Morgan fingerprint density at radius 1 is 1.30 bits per heavy atom. The number of nitro groups is 1. The third-order valence-corrected chi connectivity index (χ3v) is 2.33. The van der Waals surface area contributed by atoms with Gasteiger partial charge in [-0.3, -0.25) is 10.1 Å². The smallest absolute Gasteiger partial charge is 0.349 e. The molecule has 2 rings (SSSR count). The maximum absolute atomic E-state index is 10.7. The van der Waals surface area contributed by atoms with Crippen LogP contribution < -0.4 is 22.2 Å². The topological polar surface area (TPSA) is 177 Å². The van der Waals surface area contributed by atoms with Crippen molar-refractivity contribution < 1.29 is 14.5 Å². The SMILES string of the molecule is NC(=O)N(N)N.O=[N+]([O-])c1cncnc1OCc1ccccc1. The van der Waals surface area contributed by atoms with Crippen molar-refractivity contribution in [3.63, 3.8) is 0 Å². The lowest BCUT2D eigenvalue weighted by Crippen LogP contribution is -2.46. The number of urea groups is 1. The average molecular weight is 321 g/mol. The summed E-state index contributed by atoms with van der Waals surface area (Å²) >= 11 is 0. The number of amides is 2. The van der Waals surface area contributed by atoms with E-state index in [1.54, 1.807) is 0 Å². The van der Waals surface area contributed by atoms with Crippen LogP contribution in [0.2, 0.25) is 0 Å². The highest BCUT2D eigenvalue weighted by atomic mass is 16.6. The number of hydrogen-bond acceptors (Lipinski definition) is 8. The van der Waals surface area contributed by atoms with Crippen molar-refractivity contribution in [2.75, 3.05) is 0 Å². The molecule has 6 N–H and O–H groups in total. The van der Waals surface area contributed by atoms with Gasteiger partial charge in [0.25, 0.3) is 5.88 Å². The number of carbonyl (C=O) groups is 1. The van der Waals surface area contributed by atoms with Crippen molar-refractivity contribution in [2.24, 2.45) is 17.4 Å². The summed E-state index contributed by atoms with van der Waals surface area (Å²) in [4.78, 5) is 27.0. The van der Waals surface area contributed by atoms with E-state index in [0.29, 0.717) is 5.12 Å². The molecule has 122 valence electrons. The van der Waals surface area contributed by atoms with E-state index in [4.69, 9.17) is 4.74 Å². The minimum absolute atomic E-state index is 0.0196. The monoisotopic (exact) mass is 321 g/mol. The molecule has 0 atom stereocenters. The van der Waals surface area contributed by atoms with Crippen LogP contribution in [0.4, 0.5) is 10.5 Å². The molecule has 2 amide bonds. The zero-order chi connectivity index (χ0) is 17.2. The second kappa shape index (κ2) is 8.86. The number of aromatic nitrogens is 2. The van der Waals surface area contributed by atoms with Crippen molar-refractivity contribution >= 4 is 11.7 Å². The summed E-state index contributed by atoms with van der Waals surface area (Å²) in [6.07, 6.45) is 2.33. The summed E-state index contributed by atoms with van der Waals surface area (Å²) in [5.74, 6) is 9.12. The molecule has 0 saturated carbocycles. The number of rotatable bonds is 4. The summed E-state index contributed by atoms with van der Waals surface area (Å²) < 4.78 is 5.29. The predicted octanol–water partition coefficient (Wildman–Crippen LogP) is 0.0783. The van der Waals surface area contributed by atoms with Gasteiger partial charge in [-0.2, -0.15) is 10.1 Å². The second-order valence-electron chi connectivity index (χ2n) is 3.99. The number of ether oxygens (including phenoxy) is 1. The fourth-order valence-corrected chi connectivity index (χ4v) is 1.27. The average Bonchev–Trinajstić information content (AvgIpc) is 2.54. The zero-order valence-corrected chi connectivity index (χ0v) is 11.9. The van der Waals surface area contributed by atoms with E-state index in [1.807, 2.05) is 30.3 Å². The van der Waals surface area contributed by atoms with Gasteiger partial charge in [-0.25, -0.2) is 21.5 Å². The molecule has 1 aromatic heterocycles. The number of hydrogen-bond donors (Lipinski definition) is 3. The van der Waals surface area contributed by atoms with Crippen LogP contribution in [-0.2, 0) is 6.61 Å². The number of hydrazine groups is 2. The Morgan fingerprint density at radius 2 is 1.91 bits per heavy atom. The number of benzene rings is 1. The molecule has 0 saturated heterocycles. The minimum Gasteiger partial charge on any atom is -0.468 e. The van der Waals surface area contributed by atoms with Crippen LogP contribution in [0.3, 0.4) is 0 Å². The first-order chi connectivity index (χ1) is 10.9. The highest BCUT2D eigenvalue weighted by Crippen LogP contribution is 2.22. The van der Waals surface area contributed by atoms with Gasteiger partial charge in [-0.15, -0.1) is 0 Å². The van der Waals surface area contributed by atoms with Crippen LogP contribution in [0.25, 0.3) is 0 Å². The minimum atomic E-state index is -0.852. The third-order valence-electron chi connectivity index (χ3n) is 2.33. The molecule has 0 aliphatic carbocycles. The molecule has 0 aliphatic heterocycles. The van der Waals surface area contributed by atoms with Gasteiger partial charge in [-0.05, 0) is 5.56 Å². The number of carbonyl (C=O) groups excluding carboxylic acids is 1. The van der Waals surface area contributed by atoms with Gasteiger partial charge in [-0.1, -0.05) is 30.3 Å². The van der Waals surface area contributed by atoms with Crippen molar-refractivity contribution in [3.05, 3.63) is 58.5 Å². The summed E-state index contributed by atoms with van der Waals surface area (Å²) in [6.45, 7) is 0.235. The van der Waals surface area contributed by atoms with Gasteiger partial charge < -0.3 is 10.5 Å². The molecule has 0 aliphatic rings. The summed E-state index contributed by atoms with van der Waals surface area (Å²) in [5, 5.41) is 11.0. The fourth-order valence-electron chi connectivity index (χ4n) is 1.27. The molecule has 11 heteroatoms. The van der Waals surface area contributed by atoms with Crippen LogP contribution in [-0.4, -0.2) is 26.0 Å². The van der Waals surface area contributed by atoms with E-state index in [-0.39, 0.29) is 18.2 Å². The van der Waals surface area contributed by atoms with Crippen molar-refractivity contribution in [1.29, 1.82) is 0 Å². The third kappa shape index (κ3) is 6.33. The second-order valence-corrected chi connectivity index (χ2v) is 3.99. The molecule has 0 fully saturated rings. The van der Waals surface area contributed by atoms with E-state index in [2.05, 4.69) is 27.4 Å². The molecule has 0 bridgehead atoms. The number of primary amides is 1. The Kier molecular flexibility index (Phi) is 6.84. The lowest BCUT2D eigenvalue weighted by molar-refractivity contribution is -0.386. The highest BCUT2D eigenvalue weighted by molar-refractivity contribution is 5.70. The van der Waals surface area contributed by atoms with Crippen LogP contribution in [0.15, 0.2) is 42.9 Å². The van der Waals surface area contributed by atoms with Crippen molar-refractivity contribution in [2.45, 2.75) is 6.61 Å². The van der Waals surface area contributed by atoms with Gasteiger partial charge in [0.05, 0.1) is 4.92 Å². The van der Waals surface area contributed by atoms with Gasteiger partial charge in [0.2, 0.25) is 0 Å². The standard InChI is InChI=1S/C11H9N3O3.CH6N4O/c15-14(16)10-6-12-8-13-11(10)17-7-9-4-2-1-3-5-9;2-1(6)5(3)4/h1-6,8H,7H2;3-4H2,(H2,2,6). The molecule has 1 aromatic carbocycles. The molecule has 1 heterocycles. The largest absolute Gasteiger partial charge is 0.468 e. The van der Waals surface area contributed by atoms with Crippen molar-refractivity contribution in [1.82, 2.24) is 15.1 Å². The van der Waals surface area contributed by atoms with E-state index in [9.17, 15) is 14.9 Å². The Balaban J connectivity index is 0.000000379. The predicted molar refractivity (Wildman–Crippen MR) is 79.3 cm³/mol. The molecule has 11 nitrogen and oxygen atoms in total. The highest BCUT2D eigenvalue weighted by Gasteiger charge is 2.16. The van der Waals surface area contributed by atoms with Crippen LogP contribution in [0.1, 0.15) is 5.56 Å². The molecule has 0 spiro atoms. The first-order valence-corrected chi connectivity index (χ1v) is 6.12. The quantitative estimate of drug-likeness (QED) is 0.306. The molecule has 23 heavy (non-hydrogen) atoms. The van der Waals surface area contributed by atoms with E-state index < -0.39 is 11.0 Å². The van der Waals surface area contributed by atoms with Gasteiger partial charge in [0.1, 0.15) is 19.1 Å². The normalized spacial score (nSPS) is 9.30. The maximum Gasteiger partial charge on any atom is 0.349 e. The zero-order valence-electron chi connectivity index (χ0n) is 11.9. The number of nitrogens with two attached hydrogens (primary N) is 3. The van der Waals surface area contributed by atoms with Gasteiger partial charge in [0.15, 0.2) is 0 Å². The van der Waals surface area contributed by atoms with Gasteiger partial charge >= 0.3 is 11.7 Å². The van der Waals surface area contributed by atoms with Crippen LogP contribution in [0, 0.1) is 10.1 Å². The molecule has 2 aromatic rings.